The van der Waals surface area contributed by atoms with Crippen molar-refractivity contribution in [3.8, 4) is 11.5 Å². The molecule has 1 aliphatic heterocycles. The van der Waals surface area contributed by atoms with Crippen LogP contribution in [0.5, 0.6) is 11.5 Å². The first-order valence-corrected chi connectivity index (χ1v) is 13.7. The topological polar surface area (TPSA) is 101 Å². The van der Waals surface area contributed by atoms with Crippen molar-refractivity contribution in [2.45, 2.75) is 0 Å². The fourth-order valence-electron chi connectivity index (χ4n) is 4.62. The Morgan fingerprint density at radius 2 is 1.95 bits per heavy atom. The second kappa shape index (κ2) is 10.7. The summed E-state index contributed by atoms with van der Waals surface area (Å²) >= 11 is 10.3. The van der Waals surface area contributed by atoms with Crippen LogP contribution in [0.3, 0.4) is 0 Å². The number of aryl methyl sites for hydroxylation is 1. The van der Waals surface area contributed by atoms with Crippen LogP contribution in [0.15, 0.2) is 72.2 Å². The van der Waals surface area contributed by atoms with E-state index in [2.05, 4.69) is 47.3 Å². The minimum atomic E-state index is -0.0734. The Morgan fingerprint density at radius 3 is 2.75 bits per heavy atom. The highest BCUT2D eigenvalue weighted by molar-refractivity contribution is 9.10. The van der Waals surface area contributed by atoms with E-state index in [1.807, 2.05) is 48.5 Å². The van der Waals surface area contributed by atoms with Gasteiger partial charge in [-0.25, -0.2) is 19.9 Å². The summed E-state index contributed by atoms with van der Waals surface area (Å²) < 4.78 is 8.92. The third-order valence-corrected chi connectivity index (χ3v) is 7.71. The molecular formula is C28H24BrClN8O2. The van der Waals surface area contributed by atoms with Crippen LogP contribution in [0.1, 0.15) is 0 Å². The van der Waals surface area contributed by atoms with Crippen molar-refractivity contribution in [1.82, 2.24) is 29.4 Å². The maximum atomic E-state index is 11.9. The molecule has 2 aromatic carbocycles. The summed E-state index contributed by atoms with van der Waals surface area (Å²) in [7, 11) is 2.01. The normalized spacial score (nSPS) is 13.6. The Kier molecular flexibility index (Phi) is 6.99. The first kappa shape index (κ1) is 26.0. The molecule has 0 bridgehead atoms. The molecule has 0 atom stereocenters. The van der Waals surface area contributed by atoms with Gasteiger partial charge < -0.3 is 24.4 Å². The lowest BCUT2D eigenvalue weighted by Gasteiger charge is -2.34. The molecule has 1 fully saturated rings. The molecule has 5 aromatic rings. The van der Waals surface area contributed by atoms with Crippen LogP contribution in [0.25, 0.3) is 21.9 Å². The molecule has 0 aliphatic carbocycles. The van der Waals surface area contributed by atoms with Gasteiger partial charge in [-0.15, -0.1) is 0 Å². The van der Waals surface area contributed by atoms with Gasteiger partial charge in [0, 0.05) is 56.4 Å². The molecule has 10 nitrogen and oxygen atoms in total. The van der Waals surface area contributed by atoms with Crippen molar-refractivity contribution in [2.24, 2.45) is 7.05 Å². The van der Waals surface area contributed by atoms with E-state index in [1.165, 1.54) is 12.4 Å². The zero-order valence-electron chi connectivity index (χ0n) is 21.5. The van der Waals surface area contributed by atoms with E-state index in [0.717, 1.165) is 10.9 Å². The lowest BCUT2D eigenvalue weighted by molar-refractivity contribution is -0.126. The van der Waals surface area contributed by atoms with Crippen LogP contribution in [0.2, 0.25) is 5.02 Å². The lowest BCUT2D eigenvalue weighted by atomic mass is 10.2. The molecule has 1 saturated heterocycles. The molecule has 1 N–H and O–H groups in total. The smallest absolute Gasteiger partial charge is 0.246 e. The fourth-order valence-corrected chi connectivity index (χ4v) is 5.25. The van der Waals surface area contributed by atoms with Gasteiger partial charge in [-0.05, 0) is 52.3 Å². The van der Waals surface area contributed by atoms with Crippen LogP contribution in [-0.2, 0) is 11.8 Å². The first-order chi connectivity index (χ1) is 19.4. The highest BCUT2D eigenvalue weighted by atomic mass is 79.9. The van der Waals surface area contributed by atoms with Crippen molar-refractivity contribution in [2.75, 3.05) is 36.4 Å². The lowest BCUT2D eigenvalue weighted by Crippen LogP contribution is -2.48. The third kappa shape index (κ3) is 5.05. The Balaban J connectivity index is 1.24. The molecule has 1 amide bonds. The zero-order chi connectivity index (χ0) is 27.8. The van der Waals surface area contributed by atoms with Crippen molar-refractivity contribution in [3.05, 3.63) is 77.3 Å². The number of carbonyl (C=O) groups is 1. The number of aromatic nitrogens is 5. The van der Waals surface area contributed by atoms with Gasteiger partial charge in [0.05, 0.1) is 21.4 Å². The highest BCUT2D eigenvalue weighted by Crippen LogP contribution is 2.39. The molecule has 0 radical (unpaired) electrons. The number of halogens is 2. The molecular weight excluding hydrogens is 596 g/mol. The second-order valence-corrected chi connectivity index (χ2v) is 10.5. The van der Waals surface area contributed by atoms with Crippen molar-refractivity contribution in [1.29, 1.82) is 0 Å². The minimum Gasteiger partial charge on any atom is -0.456 e. The number of nitrogens with zero attached hydrogens (tertiary/aromatic N) is 7. The highest BCUT2D eigenvalue weighted by Gasteiger charge is 2.22. The summed E-state index contributed by atoms with van der Waals surface area (Å²) in [4.78, 5) is 33.7. The van der Waals surface area contributed by atoms with Gasteiger partial charge in [-0.2, -0.15) is 0 Å². The molecule has 0 unspecified atom stereocenters. The number of ether oxygens (including phenoxy) is 1. The van der Waals surface area contributed by atoms with Crippen LogP contribution in [0.4, 0.5) is 17.5 Å². The first-order valence-electron chi connectivity index (χ1n) is 12.5. The average molecular weight is 620 g/mol. The quantitative estimate of drug-likeness (QED) is 0.242. The van der Waals surface area contributed by atoms with Crippen molar-refractivity contribution >= 4 is 72.8 Å². The van der Waals surface area contributed by atoms with Gasteiger partial charge in [0.25, 0.3) is 0 Å². The zero-order valence-corrected chi connectivity index (χ0v) is 23.9. The number of anilines is 3. The summed E-state index contributed by atoms with van der Waals surface area (Å²) in [5, 5.41) is 4.82. The van der Waals surface area contributed by atoms with Gasteiger partial charge in [0.1, 0.15) is 28.9 Å². The maximum Gasteiger partial charge on any atom is 0.246 e. The number of benzene rings is 2. The molecule has 3 aromatic heterocycles. The van der Waals surface area contributed by atoms with E-state index in [-0.39, 0.29) is 5.91 Å². The number of amides is 1. The molecule has 1 aliphatic rings. The van der Waals surface area contributed by atoms with E-state index in [9.17, 15) is 4.79 Å². The predicted molar refractivity (Wildman–Crippen MR) is 160 cm³/mol. The van der Waals surface area contributed by atoms with E-state index in [0.29, 0.717) is 75.7 Å². The third-order valence-electron chi connectivity index (χ3n) is 6.77. The van der Waals surface area contributed by atoms with E-state index >= 15 is 0 Å². The van der Waals surface area contributed by atoms with Crippen molar-refractivity contribution in [3.63, 3.8) is 0 Å². The molecule has 0 spiro atoms. The predicted octanol–water partition coefficient (Wildman–Crippen LogP) is 5.70. The number of fused-ring (bicyclic) bond motifs is 2. The number of nitrogens with one attached hydrogen (secondary N) is 1. The molecule has 12 heteroatoms. The monoisotopic (exact) mass is 618 g/mol. The van der Waals surface area contributed by atoms with E-state index in [4.69, 9.17) is 21.3 Å². The van der Waals surface area contributed by atoms with Crippen LogP contribution < -0.4 is 15.0 Å². The van der Waals surface area contributed by atoms with Gasteiger partial charge >= 0.3 is 0 Å². The Morgan fingerprint density at radius 1 is 1.12 bits per heavy atom. The molecule has 0 saturated carbocycles. The summed E-state index contributed by atoms with van der Waals surface area (Å²) in [6.07, 6.45) is 6.47. The summed E-state index contributed by atoms with van der Waals surface area (Å²) in [6.45, 7) is 5.93. The summed E-state index contributed by atoms with van der Waals surface area (Å²) in [5.74, 6) is 2.25. The van der Waals surface area contributed by atoms with E-state index in [1.54, 1.807) is 17.2 Å². The largest absolute Gasteiger partial charge is 0.456 e. The SMILES string of the molecule is C=CC(=O)N1CCN(c2ncc3ncnc(Nc4cc(Br)c(Oc5ccc6c(ccn6C)c5)cc4Cl)c3n2)CC1. The molecule has 4 heterocycles. The number of rotatable bonds is 6. The van der Waals surface area contributed by atoms with Crippen LogP contribution in [-0.4, -0.2) is 61.5 Å². The van der Waals surface area contributed by atoms with Crippen LogP contribution >= 0.6 is 27.5 Å². The maximum absolute atomic E-state index is 11.9. The number of carbonyl (C=O) groups excluding carboxylic acids is 1. The molecule has 40 heavy (non-hydrogen) atoms. The summed E-state index contributed by atoms with van der Waals surface area (Å²) in [6, 6.07) is 11.6. The standard InChI is InChI=1S/C28H24BrClN8O2/c1-3-25(39)37-8-10-38(11-9-37)28-31-15-22-26(35-28)27(33-16-32-22)34-21-13-19(29)24(14-20(21)30)40-18-4-5-23-17(12-18)6-7-36(23)2/h3-7,12-16H,1,8-11H2,2H3,(H,32,33,34). The van der Waals surface area contributed by atoms with Crippen molar-refractivity contribution < 1.29 is 9.53 Å². The molecule has 6 rings (SSSR count). The Hall–Kier alpha value is -4.22. The Labute approximate surface area is 243 Å². The summed E-state index contributed by atoms with van der Waals surface area (Å²) in [5.41, 5.74) is 2.89. The fraction of sp³-hybridized carbons (Fsp3) is 0.179. The van der Waals surface area contributed by atoms with Crippen LogP contribution in [0, 0.1) is 0 Å². The second-order valence-electron chi connectivity index (χ2n) is 9.28. The number of piperazine rings is 1. The van der Waals surface area contributed by atoms with Gasteiger partial charge in [-0.1, -0.05) is 18.2 Å². The van der Waals surface area contributed by atoms with Gasteiger partial charge in [0.15, 0.2) is 5.82 Å². The average Bonchev–Trinajstić information content (AvgIpc) is 3.35. The molecule has 202 valence electrons. The Bertz CT molecular complexity index is 1770. The minimum absolute atomic E-state index is 0.0734. The van der Waals surface area contributed by atoms with Gasteiger partial charge in [-0.3, -0.25) is 4.79 Å². The van der Waals surface area contributed by atoms with E-state index < -0.39 is 0 Å². The number of hydrogen-bond donors (Lipinski definition) is 1. The number of hydrogen-bond acceptors (Lipinski definition) is 8. The van der Waals surface area contributed by atoms with Gasteiger partial charge in [0.2, 0.25) is 11.9 Å².